The highest BCUT2D eigenvalue weighted by molar-refractivity contribution is 5.68. The number of nitro groups is 2. The normalized spacial score (nSPS) is 15.0. The third kappa shape index (κ3) is 6.98. The predicted octanol–water partition coefficient (Wildman–Crippen LogP) is 10.4. The van der Waals surface area contributed by atoms with Crippen LogP contribution in [0.2, 0.25) is 0 Å². The van der Waals surface area contributed by atoms with E-state index in [2.05, 4.69) is 9.47 Å². The maximum absolute atomic E-state index is 14.1. The number of hydrogen-bond donors (Lipinski definition) is 0. The van der Waals surface area contributed by atoms with E-state index < -0.39 is 123 Å². The quantitative estimate of drug-likeness (QED) is 0.0502. The number of nitro benzene ring substituents is 2. The molecule has 1 rings (SSSR count). The van der Waals surface area contributed by atoms with Gasteiger partial charge >= 0.3 is 89.1 Å². The molecular weight excluding hydrogens is 872 g/mol. The van der Waals surface area contributed by atoms with E-state index in [0.717, 1.165) is 13.8 Å². The van der Waals surface area contributed by atoms with Crippen molar-refractivity contribution in [1.82, 2.24) is 0 Å². The number of carbonyl (C=O) groups excluding carboxylic acids is 1. The maximum atomic E-state index is 14.1. The molecule has 0 bridgehead atoms. The zero-order valence-corrected chi connectivity index (χ0v) is 25.8. The molecule has 0 amide bonds. The molecule has 0 unspecified atom stereocenters. The van der Waals surface area contributed by atoms with Crippen LogP contribution < -0.4 is 4.74 Å². The number of alkyl halides is 24. The van der Waals surface area contributed by atoms with Crippen molar-refractivity contribution in [2.45, 2.75) is 91.3 Å². The lowest BCUT2D eigenvalue weighted by atomic mass is 9.84. The van der Waals surface area contributed by atoms with Crippen LogP contribution in [0.15, 0.2) is 12.1 Å². The van der Waals surface area contributed by atoms with Crippen LogP contribution in [0.25, 0.3) is 0 Å². The van der Waals surface area contributed by atoms with Crippen LogP contribution in [-0.4, -0.2) is 94.2 Å². The summed E-state index contributed by atoms with van der Waals surface area (Å²) < 4.78 is 335. The van der Waals surface area contributed by atoms with Gasteiger partial charge in [0.1, 0.15) is 5.75 Å². The third-order valence-corrected chi connectivity index (χ3v) is 6.99. The van der Waals surface area contributed by atoms with Gasteiger partial charge < -0.3 is 9.47 Å². The van der Waals surface area contributed by atoms with Gasteiger partial charge in [-0.25, -0.2) is 13.6 Å². The van der Waals surface area contributed by atoms with Crippen molar-refractivity contribution in [3.05, 3.63) is 37.9 Å². The SMILES string of the molecule is CC(C)c1cc([N+](=O)[O-])c([N+](=O)[O-])cc1OC(=O)OCC(F)(F)C(F)(F)C(F)(F)C(F)(F)C(F)(F)C(F)(F)C(F)(F)C(F)(F)C(F)(F)C(F)(F)C(F)(F)C(F)F. The Hall–Kier alpha value is -4.39. The second-order valence-electron chi connectivity index (χ2n) is 11.0. The smallest absolute Gasteiger partial charge is 0.427 e. The summed E-state index contributed by atoms with van der Waals surface area (Å²) in [6.07, 6.45) is -9.29. The first-order valence-electron chi connectivity index (χ1n) is 13.1. The predicted molar refractivity (Wildman–Crippen MR) is 126 cm³/mol. The molecule has 0 saturated carbocycles. The minimum absolute atomic E-state index is 0.0426. The second-order valence-corrected chi connectivity index (χ2v) is 11.0. The summed E-state index contributed by atoms with van der Waals surface area (Å²) in [4.78, 5) is 31.0. The zero-order valence-electron chi connectivity index (χ0n) is 25.8. The Kier molecular flexibility index (Phi) is 12.6. The van der Waals surface area contributed by atoms with Crippen molar-refractivity contribution in [3.8, 4) is 5.75 Å². The highest BCUT2D eigenvalue weighted by atomic mass is 19.4. The van der Waals surface area contributed by atoms with Gasteiger partial charge in [0.2, 0.25) is 0 Å². The Morgan fingerprint density at radius 1 is 0.571 bits per heavy atom. The van der Waals surface area contributed by atoms with E-state index in [1.807, 2.05) is 0 Å². The molecule has 0 aliphatic heterocycles. The maximum Gasteiger partial charge on any atom is 0.514 e. The van der Waals surface area contributed by atoms with Crippen molar-refractivity contribution < 1.29 is 129 Å². The van der Waals surface area contributed by atoms with Gasteiger partial charge in [0.15, 0.2) is 6.61 Å². The van der Waals surface area contributed by atoms with E-state index in [1.54, 1.807) is 0 Å². The number of benzene rings is 1. The molecule has 9 nitrogen and oxygen atoms in total. The lowest BCUT2D eigenvalue weighted by molar-refractivity contribution is -0.476. The number of rotatable bonds is 17. The number of carbonyl (C=O) groups is 1. The Morgan fingerprint density at radius 2 is 0.875 bits per heavy atom. The fourth-order valence-electron chi connectivity index (χ4n) is 3.72. The molecule has 0 aliphatic carbocycles. The van der Waals surface area contributed by atoms with Gasteiger partial charge in [-0.3, -0.25) is 20.2 Å². The molecule has 0 atom stereocenters. The average molecular weight is 884 g/mol. The van der Waals surface area contributed by atoms with Gasteiger partial charge in [0.25, 0.3) is 0 Å². The first-order valence-corrected chi connectivity index (χ1v) is 13.1. The summed E-state index contributed by atoms with van der Waals surface area (Å²) in [6, 6.07) is 0.233. The molecule has 324 valence electrons. The summed E-state index contributed by atoms with van der Waals surface area (Å²) in [5.41, 5.74) is -3.62. The van der Waals surface area contributed by atoms with Crippen LogP contribution in [0.5, 0.6) is 5.75 Å². The lowest BCUT2D eigenvalue weighted by Crippen LogP contribution is -2.78. The first-order chi connectivity index (χ1) is 24.4. The Labute approximate surface area is 289 Å². The molecule has 0 saturated heterocycles. The molecule has 56 heavy (non-hydrogen) atoms. The zero-order chi connectivity index (χ0) is 45.2. The van der Waals surface area contributed by atoms with Gasteiger partial charge in [-0.05, 0) is 5.92 Å². The van der Waals surface area contributed by atoms with E-state index in [0.29, 0.717) is 0 Å². The van der Waals surface area contributed by atoms with E-state index in [4.69, 9.17) is 0 Å². The van der Waals surface area contributed by atoms with Crippen LogP contribution in [0.3, 0.4) is 0 Å². The van der Waals surface area contributed by atoms with Crippen molar-refractivity contribution in [3.63, 3.8) is 0 Å². The minimum atomic E-state index is -9.66. The Bertz CT molecular complexity index is 1680. The summed E-state index contributed by atoms with van der Waals surface area (Å²) in [6.45, 7) is -1.78. The minimum Gasteiger partial charge on any atom is -0.427 e. The standard InChI is InChI=1S/C23H12F24N2O7/c1-6(2)7-3-8(48(51)52)9(49(53)54)4-10(7)56-12(50)55-5-13(26,27)15(30,31)17(34,35)19(38,39)21(42,43)23(46,47)22(44,45)20(40,41)18(36,37)16(32,33)14(28,29)11(24)25/h3-4,6,11H,5H2,1-2H3. The molecule has 0 radical (unpaired) electrons. The van der Waals surface area contributed by atoms with E-state index in [-0.39, 0.29) is 12.1 Å². The molecule has 0 aliphatic rings. The fourth-order valence-corrected chi connectivity index (χ4v) is 3.72. The monoisotopic (exact) mass is 884 g/mol. The lowest BCUT2D eigenvalue weighted by Gasteiger charge is -2.45. The molecule has 0 aromatic heterocycles. The molecule has 0 heterocycles. The van der Waals surface area contributed by atoms with Gasteiger partial charge in [-0.2, -0.15) is 96.6 Å². The van der Waals surface area contributed by atoms with Gasteiger partial charge in [-0.1, -0.05) is 13.8 Å². The van der Waals surface area contributed by atoms with Crippen LogP contribution in [0, 0.1) is 20.2 Å². The topological polar surface area (TPSA) is 122 Å². The average Bonchev–Trinajstić information content (AvgIpc) is 3.02. The largest absolute Gasteiger partial charge is 0.514 e. The van der Waals surface area contributed by atoms with Crippen LogP contribution in [0.4, 0.5) is 122 Å². The Balaban J connectivity index is 3.67. The van der Waals surface area contributed by atoms with E-state index in [9.17, 15) is 130 Å². The molecule has 0 fully saturated rings. The highest BCUT2D eigenvalue weighted by Gasteiger charge is 2.99. The van der Waals surface area contributed by atoms with Crippen molar-refractivity contribution in [2.75, 3.05) is 6.61 Å². The second kappa shape index (κ2) is 14.2. The van der Waals surface area contributed by atoms with Crippen molar-refractivity contribution >= 4 is 17.5 Å². The molecular formula is C23H12F24N2O7. The number of hydrogen-bond acceptors (Lipinski definition) is 7. The third-order valence-electron chi connectivity index (χ3n) is 6.99. The molecule has 0 spiro atoms. The fraction of sp³-hybridized carbons (Fsp3) is 0.696. The number of halogens is 24. The molecule has 0 N–H and O–H groups in total. The molecule has 1 aromatic carbocycles. The van der Waals surface area contributed by atoms with E-state index in [1.165, 1.54) is 0 Å². The van der Waals surface area contributed by atoms with Crippen LogP contribution in [0.1, 0.15) is 25.3 Å². The van der Waals surface area contributed by atoms with Gasteiger partial charge in [-0.15, -0.1) is 0 Å². The van der Waals surface area contributed by atoms with Gasteiger partial charge in [0, 0.05) is 11.6 Å². The van der Waals surface area contributed by atoms with Crippen molar-refractivity contribution in [1.29, 1.82) is 0 Å². The first kappa shape index (κ1) is 49.6. The summed E-state index contributed by atoms with van der Waals surface area (Å²) in [5.74, 6) is -101. The summed E-state index contributed by atoms with van der Waals surface area (Å²) >= 11 is 0. The van der Waals surface area contributed by atoms with Crippen LogP contribution >= 0.6 is 0 Å². The molecule has 33 heteroatoms. The molecule has 1 aromatic rings. The Morgan fingerprint density at radius 3 is 1.18 bits per heavy atom. The highest BCUT2D eigenvalue weighted by Crippen LogP contribution is 2.67. The van der Waals surface area contributed by atoms with Crippen molar-refractivity contribution in [2.24, 2.45) is 0 Å². The summed E-state index contributed by atoms with van der Waals surface area (Å²) in [7, 11) is 0. The summed E-state index contributed by atoms with van der Waals surface area (Å²) in [5, 5.41) is 22.2. The van der Waals surface area contributed by atoms with Crippen LogP contribution in [-0.2, 0) is 4.74 Å². The van der Waals surface area contributed by atoms with Gasteiger partial charge in [0.05, 0.1) is 15.9 Å². The number of nitrogens with zero attached hydrogens (tertiary/aromatic N) is 2. The number of ether oxygens (including phenoxy) is 2. The van der Waals surface area contributed by atoms with E-state index >= 15 is 0 Å².